The third kappa shape index (κ3) is 5.54. The van der Waals surface area contributed by atoms with Crippen LogP contribution in [0.5, 0.6) is 0 Å². The first kappa shape index (κ1) is 33.4. The van der Waals surface area contributed by atoms with E-state index in [2.05, 4.69) is 201 Å². The third-order valence-corrected chi connectivity index (χ3v) is 13.0. The van der Waals surface area contributed by atoms with Crippen molar-refractivity contribution in [3.05, 3.63) is 217 Å². The molecule has 1 aliphatic rings. The van der Waals surface area contributed by atoms with Gasteiger partial charge in [-0.1, -0.05) is 170 Å². The molecule has 3 heteroatoms. The molecule has 0 bridgehead atoms. The number of nitrogens with zero attached hydrogens (tertiary/aromatic N) is 2. The normalized spacial score (nSPS) is 14.5. The van der Waals surface area contributed by atoms with Crippen molar-refractivity contribution in [3.63, 3.8) is 0 Å². The van der Waals surface area contributed by atoms with E-state index in [1.165, 1.54) is 64.7 Å². The summed E-state index contributed by atoms with van der Waals surface area (Å²) in [6.45, 7) is 2.36. The maximum absolute atomic E-state index is 5.30. The van der Waals surface area contributed by atoms with Crippen LogP contribution in [-0.4, -0.2) is 9.97 Å². The van der Waals surface area contributed by atoms with Crippen molar-refractivity contribution >= 4 is 31.5 Å². The average molecular weight is 745 g/mol. The fourth-order valence-corrected chi connectivity index (χ4v) is 9.99. The van der Waals surface area contributed by atoms with Crippen LogP contribution in [0.2, 0.25) is 0 Å². The molecule has 0 saturated heterocycles. The second-order valence-electron chi connectivity index (χ2n) is 15.1. The highest BCUT2D eigenvalue weighted by Gasteiger charge is 2.41. The molecule has 0 saturated carbocycles. The van der Waals surface area contributed by atoms with Crippen molar-refractivity contribution in [2.75, 3.05) is 0 Å². The van der Waals surface area contributed by atoms with Crippen LogP contribution in [0.25, 0.3) is 87.5 Å². The molecular weight excluding hydrogens is 709 g/mol. The van der Waals surface area contributed by atoms with Crippen molar-refractivity contribution in [2.24, 2.45) is 0 Å². The highest BCUT2D eigenvalue weighted by atomic mass is 32.1. The molecule has 0 N–H and O–H groups in total. The van der Waals surface area contributed by atoms with Gasteiger partial charge in [0.05, 0.1) is 11.4 Å². The molecule has 0 radical (unpaired) electrons. The van der Waals surface area contributed by atoms with Gasteiger partial charge in [-0.15, -0.1) is 11.3 Å². The van der Waals surface area contributed by atoms with E-state index in [0.29, 0.717) is 5.82 Å². The first-order chi connectivity index (χ1) is 28.1. The molecule has 11 rings (SSSR count). The number of thiophene rings is 1. The van der Waals surface area contributed by atoms with Gasteiger partial charge in [-0.25, -0.2) is 9.97 Å². The average Bonchev–Trinajstić information content (AvgIpc) is 3.80. The second kappa shape index (κ2) is 13.4. The van der Waals surface area contributed by atoms with Crippen molar-refractivity contribution < 1.29 is 0 Å². The Morgan fingerprint density at radius 1 is 0.386 bits per heavy atom. The molecule has 1 atom stereocenters. The number of aromatic nitrogens is 2. The van der Waals surface area contributed by atoms with E-state index in [9.17, 15) is 0 Å². The summed E-state index contributed by atoms with van der Waals surface area (Å²) < 4.78 is 2.65. The number of benzene rings is 8. The summed E-state index contributed by atoms with van der Waals surface area (Å²) in [6.07, 6.45) is 0. The molecule has 1 aliphatic carbocycles. The quantitative estimate of drug-likeness (QED) is 0.169. The number of rotatable bonds is 6. The molecule has 2 heterocycles. The molecule has 0 fully saturated rings. The third-order valence-electron chi connectivity index (χ3n) is 11.8. The predicted molar refractivity (Wildman–Crippen MR) is 240 cm³/mol. The highest BCUT2D eigenvalue weighted by molar-refractivity contribution is 7.25. The van der Waals surface area contributed by atoms with E-state index >= 15 is 0 Å². The van der Waals surface area contributed by atoms with E-state index in [-0.39, 0.29) is 5.41 Å². The Morgan fingerprint density at radius 2 is 0.965 bits per heavy atom. The smallest absolute Gasteiger partial charge is 0.160 e. The summed E-state index contributed by atoms with van der Waals surface area (Å²) >= 11 is 1.86. The van der Waals surface area contributed by atoms with Crippen molar-refractivity contribution in [1.29, 1.82) is 0 Å². The molecule has 57 heavy (non-hydrogen) atoms. The summed E-state index contributed by atoms with van der Waals surface area (Å²) in [5, 5.41) is 2.64. The van der Waals surface area contributed by atoms with E-state index < -0.39 is 0 Å². The Labute approximate surface area is 336 Å². The van der Waals surface area contributed by atoms with Crippen molar-refractivity contribution in [2.45, 2.75) is 12.3 Å². The predicted octanol–water partition coefficient (Wildman–Crippen LogP) is 14.5. The zero-order valence-corrected chi connectivity index (χ0v) is 32.2. The van der Waals surface area contributed by atoms with Gasteiger partial charge < -0.3 is 0 Å². The molecule has 2 aromatic heterocycles. The maximum Gasteiger partial charge on any atom is 0.160 e. The molecule has 0 spiro atoms. The van der Waals surface area contributed by atoms with Crippen molar-refractivity contribution in [3.8, 4) is 67.3 Å². The SMILES string of the molecule is CC1(c2ccccc2)c2ccccc2-c2c(-c3cc(-c4ccc(-c5cccc(-c6ccc7sc8ccccc8c7c6)c5)cc4)nc(-c4ccccc4)n3)cccc21. The Hall–Kier alpha value is -6.94. The van der Waals surface area contributed by atoms with Gasteiger partial charge in [0, 0.05) is 42.3 Å². The summed E-state index contributed by atoms with van der Waals surface area (Å²) in [6, 6.07) is 72.2. The van der Waals surface area contributed by atoms with Crippen LogP contribution >= 0.6 is 11.3 Å². The zero-order chi connectivity index (χ0) is 37.9. The number of fused-ring (bicyclic) bond motifs is 6. The van der Waals surface area contributed by atoms with Crippen molar-refractivity contribution in [1.82, 2.24) is 9.97 Å². The molecule has 268 valence electrons. The molecule has 10 aromatic rings. The lowest BCUT2D eigenvalue weighted by atomic mass is 9.74. The minimum Gasteiger partial charge on any atom is -0.228 e. The molecule has 0 aliphatic heterocycles. The van der Waals surface area contributed by atoms with E-state index in [4.69, 9.17) is 9.97 Å². The lowest BCUT2D eigenvalue weighted by Crippen LogP contribution is -2.22. The maximum atomic E-state index is 5.30. The topological polar surface area (TPSA) is 25.8 Å². The van der Waals surface area contributed by atoms with Crippen LogP contribution < -0.4 is 0 Å². The summed E-state index contributed by atoms with van der Waals surface area (Å²) in [5.41, 5.74) is 15.8. The second-order valence-corrected chi connectivity index (χ2v) is 16.1. The standard InChI is InChI=1S/C54H36N2S/c1-54(41-18-6-3-7-19-41)46-23-10-8-21-43(46)52-44(22-13-24-47(52)54)49-34-48(55-53(56-49)37-14-4-2-5-15-37)36-28-26-35(27-29-36)38-16-12-17-39(32-38)40-30-31-51-45(33-40)42-20-9-11-25-50(42)57-51/h2-34H,1H3. The minimum atomic E-state index is -0.292. The van der Waals surface area contributed by atoms with Gasteiger partial charge in [0.25, 0.3) is 0 Å². The largest absolute Gasteiger partial charge is 0.228 e. The Kier molecular flexibility index (Phi) is 7.84. The van der Waals surface area contributed by atoms with Crippen LogP contribution in [0.1, 0.15) is 23.6 Å². The first-order valence-corrected chi connectivity index (χ1v) is 20.3. The summed E-state index contributed by atoms with van der Waals surface area (Å²) in [4.78, 5) is 10.5. The Bertz CT molecular complexity index is 3130. The number of hydrogen-bond acceptors (Lipinski definition) is 3. The van der Waals surface area contributed by atoms with Gasteiger partial charge in [0.1, 0.15) is 0 Å². The van der Waals surface area contributed by atoms with E-state index in [0.717, 1.165) is 33.6 Å². The molecular formula is C54H36N2S. The van der Waals surface area contributed by atoms with Gasteiger partial charge >= 0.3 is 0 Å². The Balaban J connectivity index is 1.00. The monoisotopic (exact) mass is 744 g/mol. The highest BCUT2D eigenvalue weighted by Crippen LogP contribution is 2.55. The van der Waals surface area contributed by atoms with Crippen LogP contribution in [0.4, 0.5) is 0 Å². The van der Waals surface area contributed by atoms with Crippen LogP contribution in [0, 0.1) is 0 Å². The summed E-state index contributed by atoms with van der Waals surface area (Å²) in [5.74, 6) is 0.713. The van der Waals surface area contributed by atoms with Gasteiger partial charge in [0.2, 0.25) is 0 Å². The fraction of sp³-hybridized carbons (Fsp3) is 0.0370. The van der Waals surface area contributed by atoms with Gasteiger partial charge in [-0.2, -0.15) is 0 Å². The number of hydrogen-bond donors (Lipinski definition) is 0. The van der Waals surface area contributed by atoms with Gasteiger partial charge in [-0.05, 0) is 87.3 Å². The van der Waals surface area contributed by atoms with Crippen LogP contribution in [0.3, 0.4) is 0 Å². The van der Waals surface area contributed by atoms with E-state index in [1.54, 1.807) is 0 Å². The zero-order valence-electron chi connectivity index (χ0n) is 31.4. The van der Waals surface area contributed by atoms with Crippen LogP contribution in [0.15, 0.2) is 200 Å². The molecule has 8 aromatic carbocycles. The molecule has 2 nitrogen and oxygen atoms in total. The fourth-order valence-electron chi connectivity index (χ4n) is 8.90. The lowest BCUT2D eigenvalue weighted by molar-refractivity contribution is 0.714. The molecule has 1 unspecified atom stereocenters. The van der Waals surface area contributed by atoms with Gasteiger partial charge in [0.15, 0.2) is 5.82 Å². The Morgan fingerprint density at radius 3 is 1.81 bits per heavy atom. The lowest BCUT2D eigenvalue weighted by Gasteiger charge is -2.28. The minimum absolute atomic E-state index is 0.292. The van der Waals surface area contributed by atoms with Gasteiger partial charge in [-0.3, -0.25) is 0 Å². The molecule has 0 amide bonds. The van der Waals surface area contributed by atoms with E-state index in [1.807, 2.05) is 17.4 Å². The summed E-state index contributed by atoms with van der Waals surface area (Å²) in [7, 11) is 0. The first-order valence-electron chi connectivity index (χ1n) is 19.5. The van der Waals surface area contributed by atoms with Crippen LogP contribution in [-0.2, 0) is 5.41 Å².